The van der Waals surface area contributed by atoms with Crippen molar-refractivity contribution in [3.05, 3.63) is 40.3 Å². The number of thioether (sulfide) groups is 1. The summed E-state index contributed by atoms with van der Waals surface area (Å²) < 4.78 is 5.11. The molecule has 1 aliphatic rings. The smallest absolute Gasteiger partial charge is 0.326 e. The Kier molecular flexibility index (Phi) is 5.60. The van der Waals surface area contributed by atoms with Crippen molar-refractivity contribution in [2.75, 3.05) is 6.54 Å². The molecule has 0 saturated carbocycles. The van der Waals surface area contributed by atoms with Crippen molar-refractivity contribution < 1.29 is 19.1 Å². The van der Waals surface area contributed by atoms with E-state index < -0.39 is 17.1 Å². The van der Waals surface area contributed by atoms with Gasteiger partial charge < -0.3 is 4.74 Å². The SMILES string of the molecule is CC[C@H](C)OC(=O)CN1C(=O)S/C(=C/c2ccc(C)cc2)C1=O. The summed E-state index contributed by atoms with van der Waals surface area (Å²) in [7, 11) is 0. The van der Waals surface area contributed by atoms with Crippen molar-refractivity contribution in [2.24, 2.45) is 0 Å². The van der Waals surface area contributed by atoms with Crippen LogP contribution in [0.2, 0.25) is 0 Å². The summed E-state index contributed by atoms with van der Waals surface area (Å²) in [5.74, 6) is -1.03. The summed E-state index contributed by atoms with van der Waals surface area (Å²) in [6.45, 7) is 5.28. The second kappa shape index (κ2) is 7.46. The Morgan fingerprint density at radius 3 is 2.57 bits per heavy atom. The van der Waals surface area contributed by atoms with Crippen LogP contribution in [0.3, 0.4) is 0 Å². The van der Waals surface area contributed by atoms with E-state index in [-0.39, 0.29) is 12.6 Å². The van der Waals surface area contributed by atoms with Crippen molar-refractivity contribution in [1.82, 2.24) is 4.90 Å². The number of hydrogen-bond donors (Lipinski definition) is 0. The summed E-state index contributed by atoms with van der Waals surface area (Å²) in [4.78, 5) is 37.2. The fourth-order valence-corrected chi connectivity index (χ4v) is 2.76. The highest BCUT2D eigenvalue weighted by Gasteiger charge is 2.36. The molecule has 0 aromatic heterocycles. The van der Waals surface area contributed by atoms with Crippen LogP contribution in [0.5, 0.6) is 0 Å². The zero-order valence-corrected chi connectivity index (χ0v) is 14.2. The van der Waals surface area contributed by atoms with Gasteiger partial charge in [0.05, 0.1) is 11.0 Å². The number of esters is 1. The molecule has 0 spiro atoms. The molecule has 1 saturated heterocycles. The highest BCUT2D eigenvalue weighted by Crippen LogP contribution is 2.32. The van der Waals surface area contributed by atoms with Crippen LogP contribution in [0.4, 0.5) is 4.79 Å². The minimum atomic E-state index is -0.571. The van der Waals surface area contributed by atoms with Gasteiger partial charge in [-0.1, -0.05) is 36.8 Å². The molecule has 0 radical (unpaired) electrons. The maximum atomic E-state index is 12.3. The molecule has 5 nitrogen and oxygen atoms in total. The average Bonchev–Trinajstić information content (AvgIpc) is 2.77. The van der Waals surface area contributed by atoms with Crippen LogP contribution in [0.25, 0.3) is 6.08 Å². The zero-order valence-electron chi connectivity index (χ0n) is 13.4. The topological polar surface area (TPSA) is 63.7 Å². The van der Waals surface area contributed by atoms with Crippen LogP contribution in [0, 0.1) is 6.92 Å². The van der Waals surface area contributed by atoms with Gasteiger partial charge in [-0.25, -0.2) is 0 Å². The normalized spacial score (nSPS) is 17.7. The van der Waals surface area contributed by atoms with Gasteiger partial charge in [0.2, 0.25) is 0 Å². The molecule has 0 bridgehead atoms. The van der Waals surface area contributed by atoms with Gasteiger partial charge in [0.25, 0.3) is 11.1 Å². The van der Waals surface area contributed by atoms with E-state index in [2.05, 4.69) is 0 Å². The fraction of sp³-hybridized carbons (Fsp3) is 0.353. The Hall–Kier alpha value is -2.08. The Morgan fingerprint density at radius 2 is 1.96 bits per heavy atom. The van der Waals surface area contributed by atoms with E-state index in [4.69, 9.17) is 4.74 Å². The molecule has 1 fully saturated rings. The Labute approximate surface area is 139 Å². The molecule has 0 unspecified atom stereocenters. The lowest BCUT2D eigenvalue weighted by Crippen LogP contribution is -2.35. The van der Waals surface area contributed by atoms with E-state index in [9.17, 15) is 14.4 Å². The molecule has 122 valence electrons. The highest BCUT2D eigenvalue weighted by molar-refractivity contribution is 8.18. The number of nitrogens with zero attached hydrogens (tertiary/aromatic N) is 1. The predicted molar refractivity (Wildman–Crippen MR) is 89.7 cm³/mol. The monoisotopic (exact) mass is 333 g/mol. The van der Waals surface area contributed by atoms with Gasteiger partial charge in [0.1, 0.15) is 6.54 Å². The first-order chi connectivity index (χ1) is 10.9. The standard InChI is InChI=1S/C17H19NO4S/c1-4-12(3)22-15(19)10-18-16(20)14(23-17(18)21)9-13-7-5-11(2)6-8-13/h5-9,12H,4,10H2,1-3H3/b14-9+/t12-/m0/s1. The van der Waals surface area contributed by atoms with Crippen LogP contribution in [-0.4, -0.2) is 34.7 Å². The third-order valence-corrected chi connectivity index (χ3v) is 4.35. The van der Waals surface area contributed by atoms with E-state index >= 15 is 0 Å². The van der Waals surface area contributed by atoms with E-state index in [1.165, 1.54) is 0 Å². The molecule has 0 N–H and O–H groups in total. The van der Waals surface area contributed by atoms with Crippen molar-refractivity contribution in [2.45, 2.75) is 33.3 Å². The predicted octanol–water partition coefficient (Wildman–Crippen LogP) is 3.37. The second-order valence-corrected chi connectivity index (χ2v) is 6.38. The summed E-state index contributed by atoms with van der Waals surface area (Å²) in [5, 5.41) is -0.450. The third kappa shape index (κ3) is 4.45. The molecule has 1 heterocycles. The Balaban J connectivity index is 2.07. The second-order valence-electron chi connectivity index (χ2n) is 5.39. The number of aryl methyl sites for hydroxylation is 1. The van der Waals surface area contributed by atoms with Crippen molar-refractivity contribution >= 4 is 35.0 Å². The molecule has 1 aliphatic heterocycles. The van der Waals surface area contributed by atoms with Crippen LogP contribution >= 0.6 is 11.8 Å². The fourth-order valence-electron chi connectivity index (χ4n) is 1.92. The van der Waals surface area contributed by atoms with Crippen LogP contribution < -0.4 is 0 Å². The lowest BCUT2D eigenvalue weighted by atomic mass is 10.1. The molecule has 2 rings (SSSR count). The quantitative estimate of drug-likeness (QED) is 0.610. The Morgan fingerprint density at radius 1 is 1.30 bits per heavy atom. The third-order valence-electron chi connectivity index (χ3n) is 3.44. The summed E-state index contributed by atoms with van der Waals surface area (Å²) in [5.41, 5.74) is 1.95. The van der Waals surface area contributed by atoms with Gasteiger partial charge in [-0.2, -0.15) is 0 Å². The van der Waals surface area contributed by atoms with Crippen LogP contribution in [0.15, 0.2) is 29.2 Å². The van der Waals surface area contributed by atoms with Gasteiger partial charge in [-0.15, -0.1) is 0 Å². The molecule has 6 heteroatoms. The number of hydrogen-bond acceptors (Lipinski definition) is 5. The number of carbonyl (C=O) groups is 3. The first kappa shape index (κ1) is 17.3. The number of ether oxygens (including phenoxy) is 1. The van der Waals surface area contributed by atoms with E-state index in [0.717, 1.165) is 27.8 Å². The molecule has 0 aliphatic carbocycles. The Bertz CT molecular complexity index is 651. The molecular formula is C17H19NO4S. The minimum Gasteiger partial charge on any atom is -0.461 e. The molecule has 1 aromatic rings. The van der Waals surface area contributed by atoms with Gasteiger partial charge in [0.15, 0.2) is 0 Å². The number of rotatable bonds is 5. The van der Waals surface area contributed by atoms with Crippen molar-refractivity contribution in [1.29, 1.82) is 0 Å². The number of amides is 2. The number of benzene rings is 1. The highest BCUT2D eigenvalue weighted by atomic mass is 32.2. The van der Waals surface area contributed by atoms with E-state index in [0.29, 0.717) is 11.3 Å². The molecular weight excluding hydrogens is 314 g/mol. The lowest BCUT2D eigenvalue weighted by molar-refractivity contribution is -0.150. The summed E-state index contributed by atoms with van der Waals surface area (Å²) >= 11 is 0.838. The average molecular weight is 333 g/mol. The van der Waals surface area contributed by atoms with Gasteiger partial charge >= 0.3 is 5.97 Å². The number of carbonyl (C=O) groups excluding carboxylic acids is 3. The lowest BCUT2D eigenvalue weighted by Gasteiger charge is -2.14. The number of imide groups is 1. The zero-order chi connectivity index (χ0) is 17.0. The van der Waals surface area contributed by atoms with E-state index in [1.807, 2.05) is 38.1 Å². The summed E-state index contributed by atoms with van der Waals surface area (Å²) in [6.07, 6.45) is 2.11. The van der Waals surface area contributed by atoms with Gasteiger partial charge in [-0.3, -0.25) is 19.3 Å². The summed E-state index contributed by atoms with van der Waals surface area (Å²) in [6, 6.07) is 7.61. The van der Waals surface area contributed by atoms with Crippen LogP contribution in [0.1, 0.15) is 31.4 Å². The first-order valence-electron chi connectivity index (χ1n) is 7.42. The van der Waals surface area contributed by atoms with Crippen molar-refractivity contribution in [3.8, 4) is 0 Å². The molecule has 1 atom stereocenters. The first-order valence-corrected chi connectivity index (χ1v) is 8.24. The maximum Gasteiger partial charge on any atom is 0.326 e. The van der Waals surface area contributed by atoms with Crippen molar-refractivity contribution in [3.63, 3.8) is 0 Å². The molecule has 1 aromatic carbocycles. The minimum absolute atomic E-state index is 0.231. The van der Waals surface area contributed by atoms with Gasteiger partial charge in [-0.05, 0) is 43.7 Å². The van der Waals surface area contributed by atoms with E-state index in [1.54, 1.807) is 13.0 Å². The maximum absolute atomic E-state index is 12.3. The largest absolute Gasteiger partial charge is 0.461 e. The van der Waals surface area contributed by atoms with Gasteiger partial charge in [0, 0.05) is 0 Å². The molecule has 23 heavy (non-hydrogen) atoms. The molecule has 2 amide bonds. The van der Waals surface area contributed by atoms with Crippen LogP contribution in [-0.2, 0) is 14.3 Å².